The minimum absolute atomic E-state index is 0.136. The monoisotopic (exact) mass is 393 g/mol. The van der Waals surface area contributed by atoms with Gasteiger partial charge in [-0.25, -0.2) is 4.79 Å². The molecule has 1 aliphatic rings. The minimum atomic E-state index is -0.620. The lowest BCUT2D eigenvalue weighted by molar-refractivity contribution is 0.0953. The number of carbonyl (C=O) groups is 1. The third kappa shape index (κ3) is 3.14. The molecule has 2 aromatic rings. The van der Waals surface area contributed by atoms with Gasteiger partial charge in [0.25, 0.3) is 11.5 Å². The average molecular weight is 394 g/mol. The van der Waals surface area contributed by atoms with Crippen molar-refractivity contribution in [1.82, 2.24) is 15.3 Å². The van der Waals surface area contributed by atoms with Crippen LogP contribution in [0.25, 0.3) is 0 Å². The van der Waals surface area contributed by atoms with Crippen LogP contribution in [0.1, 0.15) is 41.3 Å². The second-order valence-electron chi connectivity index (χ2n) is 5.55. The van der Waals surface area contributed by atoms with Crippen LogP contribution in [0.15, 0.2) is 26.2 Å². The molecule has 3 N–H and O–H groups in total. The number of halogens is 1. The molecule has 3 rings (SSSR count). The summed E-state index contributed by atoms with van der Waals surface area (Å²) in [5.74, 6) is 0.457. The largest absolute Gasteiger partial charge is 0.439 e. The summed E-state index contributed by atoms with van der Waals surface area (Å²) in [5, 5.41) is 2.86. The van der Waals surface area contributed by atoms with E-state index in [-0.39, 0.29) is 18.2 Å². The van der Waals surface area contributed by atoms with Gasteiger partial charge in [0.2, 0.25) is 5.88 Å². The fraction of sp³-hybridized carbons (Fsp3) is 0.312. The van der Waals surface area contributed by atoms with Crippen LogP contribution in [0.3, 0.4) is 0 Å². The van der Waals surface area contributed by atoms with E-state index in [1.807, 2.05) is 0 Å². The summed E-state index contributed by atoms with van der Waals surface area (Å²) in [5.41, 5.74) is 0.413. The van der Waals surface area contributed by atoms with E-state index in [0.717, 1.165) is 12.8 Å². The molecule has 1 aliphatic heterocycles. The summed E-state index contributed by atoms with van der Waals surface area (Å²) in [7, 11) is 0. The molecule has 0 saturated carbocycles. The maximum Gasteiger partial charge on any atom is 0.328 e. The van der Waals surface area contributed by atoms with Crippen molar-refractivity contribution >= 4 is 21.8 Å². The van der Waals surface area contributed by atoms with Crippen LogP contribution in [0.5, 0.6) is 11.6 Å². The van der Waals surface area contributed by atoms with E-state index >= 15 is 0 Å². The Morgan fingerprint density at radius 1 is 1.33 bits per heavy atom. The molecule has 1 amide bonds. The fourth-order valence-corrected chi connectivity index (χ4v) is 3.12. The number of rotatable bonds is 4. The van der Waals surface area contributed by atoms with Crippen LogP contribution in [0.2, 0.25) is 0 Å². The van der Waals surface area contributed by atoms with Crippen molar-refractivity contribution in [2.24, 2.45) is 0 Å². The molecule has 24 heavy (non-hydrogen) atoms. The summed E-state index contributed by atoms with van der Waals surface area (Å²) in [6.45, 7) is 2.67. The number of unbranched alkanes of at least 4 members (excludes halogenated alkanes) is 1. The number of carbonyl (C=O) groups excluding carboxylic acids is 1. The molecule has 7 nitrogen and oxygen atoms in total. The smallest absolute Gasteiger partial charge is 0.328 e. The van der Waals surface area contributed by atoms with E-state index < -0.39 is 11.2 Å². The predicted molar refractivity (Wildman–Crippen MR) is 91.9 cm³/mol. The Balaban J connectivity index is 1.94. The Hall–Kier alpha value is -2.35. The Morgan fingerprint density at radius 3 is 2.88 bits per heavy atom. The first-order chi connectivity index (χ1) is 11.5. The molecule has 2 heterocycles. The van der Waals surface area contributed by atoms with Gasteiger partial charge in [0.1, 0.15) is 5.75 Å². The van der Waals surface area contributed by atoms with Gasteiger partial charge in [-0.3, -0.25) is 19.6 Å². The van der Waals surface area contributed by atoms with Gasteiger partial charge in [-0.1, -0.05) is 13.3 Å². The molecule has 1 aromatic carbocycles. The third-order valence-electron chi connectivity index (χ3n) is 3.77. The number of aromatic amines is 2. The van der Waals surface area contributed by atoms with Crippen molar-refractivity contribution in [3.05, 3.63) is 54.1 Å². The molecule has 1 aromatic heterocycles. The normalized spacial score (nSPS) is 12.1. The molecule has 0 fully saturated rings. The standard InChI is InChI=1S/C16H16BrN3O4/c1-2-3-4-18-13(21)9-5-8-6-10-14(22)19-16(23)20-15(10)24-12(8)11(17)7-9/h5,7H,2-4,6H2,1H3,(H,18,21)(H2,19,20,22,23). The molecule has 0 unspecified atom stereocenters. The van der Waals surface area contributed by atoms with E-state index in [1.165, 1.54) is 0 Å². The van der Waals surface area contributed by atoms with Crippen LogP contribution in [0, 0.1) is 0 Å². The number of hydrogen-bond acceptors (Lipinski definition) is 4. The second kappa shape index (κ2) is 6.64. The molecule has 0 atom stereocenters. The summed E-state index contributed by atoms with van der Waals surface area (Å²) >= 11 is 3.39. The maximum atomic E-state index is 12.2. The summed E-state index contributed by atoms with van der Waals surface area (Å²) in [4.78, 5) is 40.2. The molecule has 0 bridgehead atoms. The number of nitrogens with one attached hydrogen (secondary N) is 3. The first-order valence-electron chi connectivity index (χ1n) is 7.63. The fourth-order valence-electron chi connectivity index (χ4n) is 2.54. The van der Waals surface area contributed by atoms with Crippen molar-refractivity contribution in [3.8, 4) is 11.6 Å². The van der Waals surface area contributed by atoms with Crippen LogP contribution in [-0.2, 0) is 6.42 Å². The molecule has 0 radical (unpaired) electrons. The van der Waals surface area contributed by atoms with E-state index in [1.54, 1.807) is 12.1 Å². The highest BCUT2D eigenvalue weighted by molar-refractivity contribution is 9.10. The lowest BCUT2D eigenvalue weighted by atomic mass is 10.0. The summed E-state index contributed by atoms with van der Waals surface area (Å²) in [6, 6.07) is 3.37. The van der Waals surface area contributed by atoms with E-state index in [0.29, 0.717) is 33.5 Å². The zero-order chi connectivity index (χ0) is 17.3. The predicted octanol–water partition coefficient (Wildman–Crippen LogP) is 2.05. The van der Waals surface area contributed by atoms with Crippen molar-refractivity contribution in [3.63, 3.8) is 0 Å². The molecule has 8 heteroatoms. The van der Waals surface area contributed by atoms with Gasteiger partial charge in [-0.05, 0) is 34.5 Å². The molecular weight excluding hydrogens is 378 g/mol. The van der Waals surface area contributed by atoms with Gasteiger partial charge >= 0.3 is 5.69 Å². The van der Waals surface area contributed by atoms with Gasteiger partial charge in [-0.2, -0.15) is 0 Å². The lowest BCUT2D eigenvalue weighted by Crippen LogP contribution is -2.28. The van der Waals surface area contributed by atoms with Crippen molar-refractivity contribution in [2.75, 3.05) is 6.54 Å². The van der Waals surface area contributed by atoms with Crippen molar-refractivity contribution in [2.45, 2.75) is 26.2 Å². The number of hydrogen-bond donors (Lipinski definition) is 3. The van der Waals surface area contributed by atoms with Gasteiger partial charge in [-0.15, -0.1) is 0 Å². The first kappa shape index (κ1) is 16.5. The Labute approximate surface area is 145 Å². The quantitative estimate of drug-likeness (QED) is 0.590. The van der Waals surface area contributed by atoms with Gasteiger partial charge in [0.15, 0.2) is 0 Å². The topological polar surface area (TPSA) is 104 Å². The first-order valence-corrected chi connectivity index (χ1v) is 8.43. The molecule has 0 aliphatic carbocycles. The number of fused-ring (bicyclic) bond motifs is 2. The van der Waals surface area contributed by atoms with Gasteiger partial charge < -0.3 is 10.1 Å². The van der Waals surface area contributed by atoms with E-state index in [9.17, 15) is 14.4 Å². The minimum Gasteiger partial charge on any atom is -0.439 e. The van der Waals surface area contributed by atoms with Gasteiger partial charge in [0, 0.05) is 24.1 Å². The molecule has 126 valence electrons. The highest BCUT2D eigenvalue weighted by Crippen LogP contribution is 2.39. The number of H-pyrrole nitrogens is 2. The average Bonchev–Trinajstić information content (AvgIpc) is 2.54. The zero-order valence-corrected chi connectivity index (χ0v) is 14.6. The van der Waals surface area contributed by atoms with Crippen molar-refractivity contribution < 1.29 is 9.53 Å². The highest BCUT2D eigenvalue weighted by Gasteiger charge is 2.24. The zero-order valence-electron chi connectivity index (χ0n) is 13.0. The lowest BCUT2D eigenvalue weighted by Gasteiger charge is -2.20. The Kier molecular flexibility index (Phi) is 4.57. The van der Waals surface area contributed by atoms with Crippen LogP contribution in [0.4, 0.5) is 0 Å². The van der Waals surface area contributed by atoms with E-state index in [4.69, 9.17) is 4.74 Å². The Morgan fingerprint density at radius 2 is 2.12 bits per heavy atom. The second-order valence-corrected chi connectivity index (χ2v) is 6.40. The molecule has 0 saturated heterocycles. The highest BCUT2D eigenvalue weighted by atomic mass is 79.9. The van der Waals surface area contributed by atoms with Crippen LogP contribution in [-0.4, -0.2) is 22.4 Å². The number of amides is 1. The number of benzene rings is 1. The van der Waals surface area contributed by atoms with Crippen molar-refractivity contribution in [1.29, 1.82) is 0 Å². The molecule has 0 spiro atoms. The van der Waals surface area contributed by atoms with E-state index in [2.05, 4.69) is 38.1 Å². The summed E-state index contributed by atoms with van der Waals surface area (Å²) < 4.78 is 6.24. The van der Waals surface area contributed by atoms with Crippen LogP contribution < -0.4 is 21.3 Å². The molecular formula is C16H16BrN3O4. The third-order valence-corrected chi connectivity index (χ3v) is 4.36. The summed E-state index contributed by atoms with van der Waals surface area (Å²) in [6.07, 6.45) is 2.18. The van der Waals surface area contributed by atoms with Crippen LogP contribution >= 0.6 is 15.9 Å². The number of ether oxygens (including phenoxy) is 1. The maximum absolute atomic E-state index is 12.2. The number of aromatic nitrogens is 2. The SMILES string of the molecule is CCCCNC(=O)c1cc(Br)c2c(c1)Cc1c([nH]c(=O)[nH]c1=O)O2. The Bertz CT molecular complexity index is 917. The van der Waals surface area contributed by atoms with Gasteiger partial charge in [0.05, 0.1) is 10.0 Å².